The maximum Gasteiger partial charge on any atom is 0.163 e. The van der Waals surface area contributed by atoms with E-state index in [1.807, 2.05) is 36.5 Å². The number of hydrogen-bond acceptors (Lipinski definition) is 5. The van der Waals surface area contributed by atoms with Gasteiger partial charge in [-0.25, -0.2) is 4.98 Å². The third-order valence-corrected chi connectivity index (χ3v) is 4.61. The predicted octanol–water partition coefficient (Wildman–Crippen LogP) is 2.46. The first-order valence-corrected chi connectivity index (χ1v) is 8.24. The van der Waals surface area contributed by atoms with Crippen molar-refractivity contribution in [2.75, 3.05) is 18.0 Å². The van der Waals surface area contributed by atoms with Crippen molar-refractivity contribution >= 4 is 11.3 Å². The highest BCUT2D eigenvalue weighted by molar-refractivity contribution is 5.56. The summed E-state index contributed by atoms with van der Waals surface area (Å²) in [6, 6.07) is 12.0. The van der Waals surface area contributed by atoms with Crippen LogP contribution in [0.25, 0.3) is 5.65 Å². The molecule has 1 aliphatic heterocycles. The van der Waals surface area contributed by atoms with Gasteiger partial charge in [-0.3, -0.25) is 4.40 Å². The zero-order valence-electron chi connectivity index (χ0n) is 13.3. The molecule has 1 fully saturated rings. The van der Waals surface area contributed by atoms with Crippen molar-refractivity contribution in [1.82, 2.24) is 19.6 Å². The van der Waals surface area contributed by atoms with Gasteiger partial charge in [-0.05, 0) is 43.0 Å². The molecule has 120 valence electrons. The molecule has 0 N–H and O–H groups in total. The largest absolute Gasteiger partial charge is 0.369 e. The van der Waals surface area contributed by atoms with Crippen LogP contribution in [0.1, 0.15) is 24.4 Å². The number of fused-ring (bicyclic) bond motifs is 1. The van der Waals surface area contributed by atoms with Crippen LogP contribution < -0.4 is 4.90 Å². The highest BCUT2D eigenvalue weighted by atomic mass is 15.2. The second-order valence-corrected chi connectivity index (χ2v) is 6.19. The minimum Gasteiger partial charge on any atom is -0.369 e. The topological polar surface area (TPSA) is 70.1 Å². The number of nitrogens with zero attached hydrogens (tertiary/aromatic N) is 6. The molecule has 0 spiro atoms. The molecule has 1 unspecified atom stereocenters. The molecular weight excluding hydrogens is 300 g/mol. The molecule has 24 heavy (non-hydrogen) atoms. The molecule has 0 radical (unpaired) electrons. The number of piperidine rings is 1. The molecule has 3 aromatic rings. The maximum atomic E-state index is 9.28. The highest BCUT2D eigenvalue weighted by Gasteiger charge is 2.23. The molecule has 6 heteroatoms. The normalized spacial score (nSPS) is 17.8. The predicted molar refractivity (Wildman–Crippen MR) is 90.6 cm³/mol. The van der Waals surface area contributed by atoms with Crippen LogP contribution in [0.15, 0.2) is 42.7 Å². The van der Waals surface area contributed by atoms with Crippen LogP contribution in [-0.4, -0.2) is 32.7 Å². The van der Waals surface area contributed by atoms with E-state index in [-0.39, 0.29) is 0 Å². The van der Waals surface area contributed by atoms with Gasteiger partial charge >= 0.3 is 0 Å². The van der Waals surface area contributed by atoms with E-state index in [0.717, 1.165) is 43.1 Å². The highest BCUT2D eigenvalue weighted by Crippen LogP contribution is 2.26. The van der Waals surface area contributed by atoms with Crippen LogP contribution in [0.5, 0.6) is 0 Å². The molecule has 0 aromatic carbocycles. The van der Waals surface area contributed by atoms with Crippen molar-refractivity contribution in [2.45, 2.75) is 19.3 Å². The first-order chi connectivity index (χ1) is 11.8. The van der Waals surface area contributed by atoms with E-state index in [1.165, 1.54) is 6.42 Å². The van der Waals surface area contributed by atoms with Crippen LogP contribution in [0, 0.1) is 17.2 Å². The first kappa shape index (κ1) is 14.6. The Bertz CT molecular complexity index is 894. The van der Waals surface area contributed by atoms with Crippen molar-refractivity contribution in [3.05, 3.63) is 54.2 Å². The summed E-state index contributed by atoms with van der Waals surface area (Å²) in [6.07, 6.45) is 6.86. The van der Waals surface area contributed by atoms with Crippen molar-refractivity contribution in [3.63, 3.8) is 0 Å². The van der Waals surface area contributed by atoms with Gasteiger partial charge in [0.05, 0.1) is 5.69 Å². The Labute approximate surface area is 140 Å². The second kappa shape index (κ2) is 6.28. The smallest absolute Gasteiger partial charge is 0.163 e. The zero-order chi connectivity index (χ0) is 16.4. The quantitative estimate of drug-likeness (QED) is 0.742. The minimum atomic E-state index is 0.498. The van der Waals surface area contributed by atoms with Gasteiger partial charge in [-0.1, -0.05) is 6.07 Å². The summed E-state index contributed by atoms with van der Waals surface area (Å²) >= 11 is 0. The third-order valence-electron chi connectivity index (χ3n) is 4.61. The lowest BCUT2D eigenvalue weighted by Gasteiger charge is -2.34. The van der Waals surface area contributed by atoms with Crippen molar-refractivity contribution in [3.8, 4) is 6.07 Å². The Hall–Kier alpha value is -2.94. The molecule has 1 aliphatic rings. The van der Waals surface area contributed by atoms with Gasteiger partial charge in [0.2, 0.25) is 0 Å². The van der Waals surface area contributed by atoms with Gasteiger partial charge in [-0.2, -0.15) is 5.26 Å². The fourth-order valence-electron chi connectivity index (χ4n) is 3.48. The number of hydrogen-bond donors (Lipinski definition) is 0. The summed E-state index contributed by atoms with van der Waals surface area (Å²) in [6.45, 7) is 1.89. The fraction of sp³-hybridized carbons (Fsp3) is 0.333. The van der Waals surface area contributed by atoms with E-state index in [9.17, 15) is 5.26 Å². The average Bonchev–Trinajstić information content (AvgIpc) is 3.05. The molecule has 1 atom stereocenters. The lowest BCUT2D eigenvalue weighted by molar-refractivity contribution is 0.405. The molecule has 0 saturated carbocycles. The van der Waals surface area contributed by atoms with Crippen molar-refractivity contribution < 1.29 is 0 Å². The Morgan fingerprint density at radius 1 is 1.21 bits per heavy atom. The lowest BCUT2D eigenvalue weighted by Crippen LogP contribution is -2.37. The molecule has 3 aromatic heterocycles. The molecular formula is C18H18N6. The maximum absolute atomic E-state index is 9.28. The SMILES string of the molecule is N#Cc1ncccc1N1CCCC(Cc2nnc3ccccn23)C1. The Morgan fingerprint density at radius 2 is 2.17 bits per heavy atom. The second-order valence-electron chi connectivity index (χ2n) is 6.19. The van der Waals surface area contributed by atoms with Crippen LogP contribution in [0.4, 0.5) is 5.69 Å². The standard InChI is InChI=1S/C18H18N6/c19-12-15-16(6-3-8-20-15)23-9-4-5-14(13-23)11-18-22-21-17-7-1-2-10-24(17)18/h1-3,6-8,10,14H,4-5,9,11,13H2. The molecule has 4 rings (SSSR count). The minimum absolute atomic E-state index is 0.498. The van der Waals surface area contributed by atoms with Gasteiger partial charge < -0.3 is 4.90 Å². The summed E-state index contributed by atoms with van der Waals surface area (Å²) in [5, 5.41) is 17.9. The van der Waals surface area contributed by atoms with Crippen molar-refractivity contribution in [2.24, 2.45) is 5.92 Å². The molecule has 1 saturated heterocycles. The van der Waals surface area contributed by atoms with E-state index in [0.29, 0.717) is 11.6 Å². The number of nitriles is 1. The van der Waals surface area contributed by atoms with E-state index < -0.39 is 0 Å². The molecule has 4 heterocycles. The van der Waals surface area contributed by atoms with Gasteiger partial charge in [0.15, 0.2) is 11.3 Å². The van der Waals surface area contributed by atoms with Crippen molar-refractivity contribution in [1.29, 1.82) is 5.26 Å². The number of pyridine rings is 2. The summed E-state index contributed by atoms with van der Waals surface area (Å²) in [7, 11) is 0. The van der Waals surface area contributed by atoms with Crippen LogP contribution in [0.2, 0.25) is 0 Å². The number of aromatic nitrogens is 4. The Kier molecular flexibility index (Phi) is 3.83. The number of anilines is 1. The third kappa shape index (κ3) is 2.69. The number of rotatable bonds is 3. The monoisotopic (exact) mass is 318 g/mol. The van der Waals surface area contributed by atoms with Gasteiger partial charge in [-0.15, -0.1) is 10.2 Å². The Morgan fingerprint density at radius 3 is 3.08 bits per heavy atom. The van der Waals surface area contributed by atoms with Crippen LogP contribution in [-0.2, 0) is 6.42 Å². The van der Waals surface area contributed by atoms with Crippen LogP contribution in [0.3, 0.4) is 0 Å². The molecule has 0 bridgehead atoms. The molecule has 0 aliphatic carbocycles. The van der Waals surface area contributed by atoms with Gasteiger partial charge in [0, 0.05) is 31.9 Å². The molecule has 0 amide bonds. The van der Waals surface area contributed by atoms with Gasteiger partial charge in [0.25, 0.3) is 0 Å². The van der Waals surface area contributed by atoms with Crippen LogP contribution >= 0.6 is 0 Å². The molecule has 6 nitrogen and oxygen atoms in total. The summed E-state index contributed by atoms with van der Waals surface area (Å²) in [4.78, 5) is 6.47. The van der Waals surface area contributed by atoms with E-state index in [4.69, 9.17) is 0 Å². The zero-order valence-corrected chi connectivity index (χ0v) is 13.3. The average molecular weight is 318 g/mol. The van der Waals surface area contributed by atoms with Gasteiger partial charge in [0.1, 0.15) is 11.9 Å². The summed E-state index contributed by atoms with van der Waals surface area (Å²) in [5.41, 5.74) is 2.33. The summed E-state index contributed by atoms with van der Waals surface area (Å²) in [5.74, 6) is 1.50. The van der Waals surface area contributed by atoms with E-state index >= 15 is 0 Å². The van der Waals surface area contributed by atoms with E-state index in [1.54, 1.807) is 6.20 Å². The fourth-order valence-corrected chi connectivity index (χ4v) is 3.48. The Balaban J connectivity index is 1.54. The lowest BCUT2D eigenvalue weighted by atomic mass is 9.94. The summed E-state index contributed by atoms with van der Waals surface area (Å²) < 4.78 is 2.06. The van der Waals surface area contributed by atoms with E-state index in [2.05, 4.69) is 30.6 Å². The first-order valence-electron chi connectivity index (χ1n) is 8.24.